The number of hydrogen-bond donors (Lipinski definition) is 0. The largest absolute Gasteiger partial charge is 0.483 e. The Morgan fingerprint density at radius 3 is 3.00 bits per heavy atom. The van der Waals surface area contributed by atoms with Gasteiger partial charge in [0.2, 0.25) is 0 Å². The minimum absolute atomic E-state index is 0.00541. The Labute approximate surface area is 95.9 Å². The van der Waals surface area contributed by atoms with E-state index >= 15 is 0 Å². The quantitative estimate of drug-likeness (QED) is 0.605. The first-order valence-corrected chi connectivity index (χ1v) is 6.00. The number of ether oxygens (including phenoxy) is 1. The van der Waals surface area contributed by atoms with Crippen LogP contribution in [0.3, 0.4) is 0 Å². The van der Waals surface area contributed by atoms with Crippen molar-refractivity contribution in [2.45, 2.75) is 12.5 Å². The van der Waals surface area contributed by atoms with Gasteiger partial charge in [-0.05, 0) is 24.3 Å². The highest BCUT2D eigenvalue weighted by Crippen LogP contribution is 2.31. The number of halogens is 1. The van der Waals surface area contributed by atoms with E-state index in [4.69, 9.17) is 4.74 Å². The van der Waals surface area contributed by atoms with E-state index in [0.717, 1.165) is 24.0 Å². The molecule has 6 heteroatoms. The van der Waals surface area contributed by atoms with Crippen LogP contribution in [0.2, 0.25) is 0 Å². The van der Waals surface area contributed by atoms with Crippen LogP contribution >= 0.6 is 11.8 Å². The van der Waals surface area contributed by atoms with E-state index in [-0.39, 0.29) is 17.5 Å². The topological polar surface area (TPSA) is 52.4 Å². The number of nitro benzene ring substituents is 1. The maximum absolute atomic E-state index is 12.9. The van der Waals surface area contributed by atoms with Crippen molar-refractivity contribution >= 4 is 17.4 Å². The van der Waals surface area contributed by atoms with Crippen LogP contribution in [0.5, 0.6) is 5.75 Å². The molecule has 86 valence electrons. The van der Waals surface area contributed by atoms with E-state index in [1.807, 2.05) is 0 Å². The first-order chi connectivity index (χ1) is 7.66. The Hall–Kier alpha value is -1.30. The van der Waals surface area contributed by atoms with Gasteiger partial charge in [0.25, 0.3) is 0 Å². The molecular weight excluding hydrogens is 233 g/mol. The Balaban J connectivity index is 2.21. The Morgan fingerprint density at radius 2 is 2.38 bits per heavy atom. The molecule has 0 radical (unpaired) electrons. The van der Waals surface area contributed by atoms with E-state index in [1.54, 1.807) is 11.8 Å². The van der Waals surface area contributed by atoms with Crippen molar-refractivity contribution in [2.24, 2.45) is 0 Å². The molecule has 0 bridgehead atoms. The Morgan fingerprint density at radius 1 is 1.56 bits per heavy atom. The molecule has 0 saturated carbocycles. The van der Waals surface area contributed by atoms with E-state index < -0.39 is 10.7 Å². The van der Waals surface area contributed by atoms with E-state index in [1.165, 1.54) is 12.1 Å². The van der Waals surface area contributed by atoms with Crippen molar-refractivity contribution < 1.29 is 14.1 Å². The number of nitro groups is 1. The predicted octanol–water partition coefficient (Wildman–Crippen LogP) is 2.62. The van der Waals surface area contributed by atoms with Gasteiger partial charge >= 0.3 is 5.69 Å². The zero-order valence-corrected chi connectivity index (χ0v) is 9.21. The lowest BCUT2D eigenvalue weighted by molar-refractivity contribution is -0.386. The van der Waals surface area contributed by atoms with Crippen LogP contribution in [-0.4, -0.2) is 22.5 Å². The fourth-order valence-electron chi connectivity index (χ4n) is 1.52. The van der Waals surface area contributed by atoms with Gasteiger partial charge in [0, 0.05) is 5.75 Å². The van der Waals surface area contributed by atoms with Gasteiger partial charge in [0.1, 0.15) is 11.9 Å². The summed E-state index contributed by atoms with van der Waals surface area (Å²) < 4.78 is 18.4. The van der Waals surface area contributed by atoms with Crippen LogP contribution in [0.15, 0.2) is 18.2 Å². The van der Waals surface area contributed by atoms with Crippen LogP contribution in [-0.2, 0) is 0 Å². The molecule has 2 rings (SSSR count). The summed E-state index contributed by atoms with van der Waals surface area (Å²) in [5.41, 5.74) is -0.308. The van der Waals surface area contributed by atoms with Crippen LogP contribution in [0.1, 0.15) is 6.42 Å². The van der Waals surface area contributed by atoms with Crippen LogP contribution < -0.4 is 4.74 Å². The molecule has 1 saturated heterocycles. The molecule has 0 aromatic heterocycles. The molecule has 0 amide bonds. The maximum Gasteiger partial charge on any atom is 0.313 e. The minimum Gasteiger partial charge on any atom is -0.483 e. The van der Waals surface area contributed by atoms with E-state index in [9.17, 15) is 14.5 Å². The third kappa shape index (κ3) is 2.44. The summed E-state index contributed by atoms with van der Waals surface area (Å²) in [5, 5.41) is 10.7. The SMILES string of the molecule is O=[N+]([O-])c1cc(F)ccc1OC1CCSC1. The first kappa shape index (κ1) is 11.2. The fraction of sp³-hybridized carbons (Fsp3) is 0.400. The highest BCUT2D eigenvalue weighted by molar-refractivity contribution is 7.99. The summed E-state index contributed by atoms with van der Waals surface area (Å²) in [6.07, 6.45) is 0.869. The zero-order valence-electron chi connectivity index (χ0n) is 8.39. The minimum atomic E-state index is -0.625. The molecule has 1 heterocycles. The van der Waals surface area contributed by atoms with Crippen molar-refractivity contribution in [1.82, 2.24) is 0 Å². The van der Waals surface area contributed by atoms with Crippen molar-refractivity contribution in [1.29, 1.82) is 0 Å². The van der Waals surface area contributed by atoms with Gasteiger partial charge in [-0.25, -0.2) is 4.39 Å². The second kappa shape index (κ2) is 4.69. The number of hydrogen-bond acceptors (Lipinski definition) is 4. The molecule has 1 aromatic rings. The number of benzene rings is 1. The number of nitrogens with zero attached hydrogens (tertiary/aromatic N) is 1. The van der Waals surface area contributed by atoms with Gasteiger partial charge in [-0.3, -0.25) is 10.1 Å². The Bertz CT molecular complexity index is 407. The summed E-state index contributed by atoms with van der Waals surface area (Å²) in [5.74, 6) is 1.35. The van der Waals surface area contributed by atoms with Gasteiger partial charge in [-0.15, -0.1) is 0 Å². The maximum atomic E-state index is 12.9. The lowest BCUT2D eigenvalue weighted by atomic mass is 10.2. The van der Waals surface area contributed by atoms with Crippen molar-refractivity contribution in [3.8, 4) is 5.75 Å². The highest BCUT2D eigenvalue weighted by Gasteiger charge is 2.22. The first-order valence-electron chi connectivity index (χ1n) is 4.85. The predicted molar refractivity (Wildman–Crippen MR) is 59.4 cm³/mol. The molecule has 1 aliphatic heterocycles. The second-order valence-electron chi connectivity index (χ2n) is 3.47. The average Bonchev–Trinajstić information content (AvgIpc) is 2.73. The van der Waals surface area contributed by atoms with Gasteiger partial charge in [-0.1, -0.05) is 0 Å². The van der Waals surface area contributed by atoms with Gasteiger partial charge in [-0.2, -0.15) is 11.8 Å². The summed E-state index contributed by atoms with van der Waals surface area (Å²) in [6.45, 7) is 0. The molecule has 16 heavy (non-hydrogen) atoms. The molecule has 0 spiro atoms. The van der Waals surface area contributed by atoms with Crippen LogP contribution in [0, 0.1) is 15.9 Å². The van der Waals surface area contributed by atoms with Crippen molar-refractivity contribution in [3.05, 3.63) is 34.1 Å². The third-order valence-electron chi connectivity index (χ3n) is 2.30. The van der Waals surface area contributed by atoms with Crippen LogP contribution in [0.25, 0.3) is 0 Å². The molecule has 1 aliphatic rings. The Kier molecular flexibility index (Phi) is 3.28. The molecule has 0 aliphatic carbocycles. The molecule has 1 fully saturated rings. The normalized spacial score (nSPS) is 19.7. The summed E-state index contributed by atoms with van der Waals surface area (Å²) in [4.78, 5) is 10.1. The fourth-order valence-corrected chi connectivity index (χ4v) is 2.61. The monoisotopic (exact) mass is 243 g/mol. The number of rotatable bonds is 3. The lowest BCUT2D eigenvalue weighted by Crippen LogP contribution is -2.15. The molecule has 0 N–H and O–H groups in total. The summed E-state index contributed by atoms with van der Waals surface area (Å²) in [7, 11) is 0. The molecule has 4 nitrogen and oxygen atoms in total. The van der Waals surface area contributed by atoms with Crippen molar-refractivity contribution in [3.63, 3.8) is 0 Å². The van der Waals surface area contributed by atoms with Crippen molar-refractivity contribution in [2.75, 3.05) is 11.5 Å². The summed E-state index contributed by atoms with van der Waals surface area (Å²) >= 11 is 1.75. The molecule has 1 aromatic carbocycles. The van der Waals surface area contributed by atoms with Gasteiger partial charge in [0.15, 0.2) is 5.75 Å². The third-order valence-corrected chi connectivity index (χ3v) is 3.43. The van der Waals surface area contributed by atoms with Crippen LogP contribution in [0.4, 0.5) is 10.1 Å². The summed E-state index contributed by atoms with van der Waals surface area (Å²) in [6, 6.07) is 3.37. The highest BCUT2D eigenvalue weighted by atomic mass is 32.2. The van der Waals surface area contributed by atoms with E-state index in [0.29, 0.717) is 0 Å². The standard InChI is InChI=1S/C10H10FNO3S/c11-7-1-2-10(9(5-7)12(13)14)15-8-3-4-16-6-8/h1-2,5,8H,3-4,6H2. The number of thioether (sulfide) groups is 1. The second-order valence-corrected chi connectivity index (χ2v) is 4.62. The van der Waals surface area contributed by atoms with Gasteiger partial charge < -0.3 is 4.74 Å². The van der Waals surface area contributed by atoms with Gasteiger partial charge in [0.05, 0.1) is 11.0 Å². The average molecular weight is 243 g/mol. The smallest absolute Gasteiger partial charge is 0.313 e. The zero-order chi connectivity index (χ0) is 11.5. The van der Waals surface area contributed by atoms with E-state index in [2.05, 4.69) is 0 Å². The molecular formula is C10H10FNO3S. The molecule has 1 unspecified atom stereocenters. The molecule has 1 atom stereocenters. The lowest BCUT2D eigenvalue weighted by Gasteiger charge is -2.12.